The highest BCUT2D eigenvalue weighted by Gasteiger charge is 1.36. The van der Waals surface area contributed by atoms with Crippen LogP contribution in [-0.4, -0.2) is 0 Å². The molecule has 24 valence electrons. The Morgan fingerprint density at radius 3 is 2.20 bits per heavy atom. The molecule has 5 heavy (non-hydrogen) atoms. The SMILES string of the molecule is C#CC#CS. The molecule has 0 aliphatic carbocycles. The van der Waals surface area contributed by atoms with Gasteiger partial charge < -0.3 is 0 Å². The van der Waals surface area contributed by atoms with E-state index in [0.29, 0.717) is 0 Å². The third-order valence-corrected chi connectivity index (χ3v) is 0.240. The van der Waals surface area contributed by atoms with Gasteiger partial charge in [0.1, 0.15) is 0 Å². The predicted molar refractivity (Wildman–Crippen MR) is 25.6 cm³/mol. The zero-order valence-corrected chi connectivity index (χ0v) is 3.42. The largest absolute Gasteiger partial charge is 0.106 e. The first-order chi connectivity index (χ1) is 2.41. The topological polar surface area (TPSA) is 0 Å². The normalized spacial score (nSPS) is 3.20. The molecule has 0 saturated heterocycles. The zero-order chi connectivity index (χ0) is 4.12. The quantitative estimate of drug-likeness (QED) is 0.319. The summed E-state index contributed by atoms with van der Waals surface area (Å²) >= 11 is 3.50. The minimum atomic E-state index is 2.08. The van der Waals surface area contributed by atoms with Crippen LogP contribution >= 0.6 is 12.6 Å². The molecule has 0 amide bonds. The number of hydrogen-bond donors (Lipinski definition) is 1. The number of rotatable bonds is 0. The van der Waals surface area contributed by atoms with Crippen LogP contribution in [0, 0.1) is 23.5 Å². The Balaban J connectivity index is 3.30. The molecule has 0 unspecified atom stereocenters. The van der Waals surface area contributed by atoms with Crippen molar-refractivity contribution in [1.82, 2.24) is 0 Å². The average Bonchev–Trinajstić information content (AvgIpc) is 1.41. The highest BCUT2D eigenvalue weighted by Crippen LogP contribution is 1.54. The summed E-state index contributed by atoms with van der Waals surface area (Å²) < 4.78 is 0. The first kappa shape index (κ1) is 4.47. The molecule has 0 N–H and O–H groups in total. The third-order valence-electron chi connectivity index (χ3n) is 0.128. The van der Waals surface area contributed by atoms with E-state index in [4.69, 9.17) is 0 Å². The monoisotopic (exact) mass is 82.0 g/mol. The summed E-state index contributed by atoms with van der Waals surface area (Å²) in [6, 6.07) is 0. The second-order valence-electron chi connectivity index (χ2n) is 0.381. The van der Waals surface area contributed by atoms with Gasteiger partial charge in [-0.3, -0.25) is 0 Å². The van der Waals surface area contributed by atoms with Crippen molar-refractivity contribution < 1.29 is 0 Å². The smallest absolute Gasteiger partial charge is 0.00377 e. The lowest BCUT2D eigenvalue weighted by molar-refractivity contribution is 2.60. The van der Waals surface area contributed by atoms with Gasteiger partial charge in [-0.25, -0.2) is 0 Å². The van der Waals surface area contributed by atoms with Gasteiger partial charge in [0, 0.05) is 0 Å². The number of terminal acetylenes is 1. The minimum Gasteiger partial charge on any atom is -0.106 e. The second kappa shape index (κ2) is 3.47. The van der Waals surface area contributed by atoms with Gasteiger partial charge in [0.15, 0.2) is 0 Å². The molecule has 0 atom stereocenters. The van der Waals surface area contributed by atoms with Gasteiger partial charge in [-0.05, 0) is 17.1 Å². The number of thiol groups is 1. The highest BCUT2D eigenvalue weighted by molar-refractivity contribution is 7.85. The molecule has 0 rings (SSSR count). The van der Waals surface area contributed by atoms with E-state index < -0.39 is 0 Å². The van der Waals surface area contributed by atoms with Crippen LogP contribution in [0.15, 0.2) is 0 Å². The molecule has 0 radical (unpaired) electrons. The average molecular weight is 82.1 g/mol. The van der Waals surface area contributed by atoms with Crippen LogP contribution in [0.3, 0.4) is 0 Å². The predicted octanol–water partition coefficient (Wildman–Crippen LogP) is 0.510. The van der Waals surface area contributed by atoms with Crippen LogP contribution in [-0.2, 0) is 0 Å². The van der Waals surface area contributed by atoms with Crippen molar-refractivity contribution in [3.8, 4) is 23.5 Å². The second-order valence-corrected chi connectivity index (χ2v) is 0.605. The van der Waals surface area contributed by atoms with Crippen molar-refractivity contribution in [3.05, 3.63) is 0 Å². The summed E-state index contributed by atoms with van der Waals surface area (Å²) in [5, 5.41) is 2.23. The van der Waals surface area contributed by atoms with Crippen LogP contribution in [0.5, 0.6) is 0 Å². The first-order valence-electron chi connectivity index (χ1n) is 1.01. The van der Waals surface area contributed by atoms with Crippen molar-refractivity contribution in [1.29, 1.82) is 0 Å². The molecular weight excluding hydrogens is 80.1 g/mol. The highest BCUT2D eigenvalue weighted by atomic mass is 32.1. The lowest BCUT2D eigenvalue weighted by Gasteiger charge is -1.41. The van der Waals surface area contributed by atoms with Crippen LogP contribution in [0.4, 0.5) is 0 Å². The van der Waals surface area contributed by atoms with Crippen LogP contribution in [0.25, 0.3) is 0 Å². The molecule has 0 aromatic heterocycles. The summed E-state index contributed by atoms with van der Waals surface area (Å²) in [6.45, 7) is 0. The lowest BCUT2D eigenvalue weighted by Crippen LogP contribution is -1.33. The van der Waals surface area contributed by atoms with E-state index in [1.54, 1.807) is 0 Å². The van der Waals surface area contributed by atoms with Gasteiger partial charge in [0.2, 0.25) is 0 Å². The Labute approximate surface area is 37.0 Å². The maximum absolute atomic E-state index is 4.67. The Kier molecular flexibility index (Phi) is 3.10. The fraction of sp³-hybridized carbons (Fsp3) is 0. The van der Waals surface area contributed by atoms with Gasteiger partial charge >= 0.3 is 0 Å². The van der Waals surface area contributed by atoms with Crippen molar-refractivity contribution in [2.75, 3.05) is 0 Å². The molecule has 0 fully saturated rings. The summed E-state index contributed by atoms with van der Waals surface area (Å²) in [7, 11) is 0. The Bertz CT molecular complexity index is 97.0. The van der Waals surface area contributed by atoms with E-state index in [1.165, 1.54) is 0 Å². The van der Waals surface area contributed by atoms with E-state index in [2.05, 4.69) is 36.1 Å². The van der Waals surface area contributed by atoms with E-state index >= 15 is 0 Å². The number of hydrogen-bond acceptors (Lipinski definition) is 1. The maximum atomic E-state index is 4.67. The Hall–Kier alpha value is -0.530. The Morgan fingerprint density at radius 2 is 2.20 bits per heavy atom. The van der Waals surface area contributed by atoms with Gasteiger partial charge in [-0.1, -0.05) is 12.6 Å². The van der Waals surface area contributed by atoms with Gasteiger partial charge in [0.25, 0.3) is 0 Å². The molecule has 0 aromatic carbocycles. The van der Waals surface area contributed by atoms with E-state index in [-0.39, 0.29) is 0 Å². The third kappa shape index (κ3) is 3.47. The summed E-state index contributed by atoms with van der Waals surface area (Å²) in [6.07, 6.45) is 4.67. The van der Waals surface area contributed by atoms with Gasteiger partial charge in [-0.15, -0.1) is 6.42 Å². The molecule has 0 aromatic rings. The van der Waals surface area contributed by atoms with Crippen molar-refractivity contribution in [2.24, 2.45) is 0 Å². The summed E-state index contributed by atoms with van der Waals surface area (Å²) in [5.74, 6) is 4.33. The van der Waals surface area contributed by atoms with E-state index in [1.807, 2.05) is 0 Å². The van der Waals surface area contributed by atoms with Crippen molar-refractivity contribution >= 4 is 12.6 Å². The molecule has 0 heterocycles. The molecule has 0 bridgehead atoms. The fourth-order valence-corrected chi connectivity index (χ4v) is 0.0968. The molecule has 0 aliphatic rings. The summed E-state index contributed by atoms with van der Waals surface area (Å²) in [5.41, 5.74) is 0. The summed E-state index contributed by atoms with van der Waals surface area (Å²) in [4.78, 5) is 0. The van der Waals surface area contributed by atoms with Crippen LogP contribution < -0.4 is 0 Å². The first-order valence-corrected chi connectivity index (χ1v) is 1.46. The van der Waals surface area contributed by atoms with E-state index in [9.17, 15) is 0 Å². The minimum absolute atomic E-state index is 2.08. The standard InChI is InChI=1S/C4H2S/c1-2-3-4-5/h1,5H. The molecule has 0 saturated carbocycles. The van der Waals surface area contributed by atoms with Crippen LogP contribution in [0.2, 0.25) is 0 Å². The fourth-order valence-electron chi connectivity index (χ4n) is 0.0323. The molecular formula is C4H2S. The molecule has 1 heteroatoms. The molecule has 0 spiro atoms. The van der Waals surface area contributed by atoms with Crippen molar-refractivity contribution in [2.45, 2.75) is 0 Å². The zero-order valence-electron chi connectivity index (χ0n) is 2.52. The van der Waals surface area contributed by atoms with Crippen molar-refractivity contribution in [3.63, 3.8) is 0 Å². The van der Waals surface area contributed by atoms with Gasteiger partial charge in [-0.2, -0.15) is 0 Å². The van der Waals surface area contributed by atoms with Crippen LogP contribution in [0.1, 0.15) is 0 Å². The lowest BCUT2D eigenvalue weighted by atomic mass is 10.7. The van der Waals surface area contributed by atoms with E-state index in [0.717, 1.165) is 0 Å². The molecule has 0 aliphatic heterocycles. The molecule has 0 nitrogen and oxygen atoms in total. The van der Waals surface area contributed by atoms with Gasteiger partial charge in [0.05, 0.1) is 0 Å². The maximum Gasteiger partial charge on any atom is -0.00377 e. The Morgan fingerprint density at radius 1 is 1.60 bits per heavy atom.